The molecule has 4 heterocycles. The molecular weight excluding hydrogens is 708 g/mol. The molecule has 0 aromatic heterocycles. The number of aliphatic hydroxyl groups is 9. The van der Waals surface area contributed by atoms with Crippen molar-refractivity contribution in [2.45, 2.75) is 171 Å². The van der Waals surface area contributed by atoms with Crippen molar-refractivity contribution in [3.05, 3.63) is 0 Å². The van der Waals surface area contributed by atoms with Crippen molar-refractivity contribution >= 4 is 0 Å². The lowest BCUT2D eigenvalue weighted by Gasteiger charge is -2.61. The second-order valence-electron chi connectivity index (χ2n) is 18.9. The highest BCUT2D eigenvalue weighted by atomic mass is 16.8. The molecule has 24 unspecified atom stereocenters. The van der Waals surface area contributed by atoms with E-state index in [0.29, 0.717) is 43.6 Å². The largest absolute Gasteiger partial charge is 0.394 e. The lowest BCUT2D eigenvalue weighted by atomic mass is 9.44. The number of fused-ring (bicyclic) bond motifs is 7. The van der Waals surface area contributed by atoms with E-state index >= 15 is 0 Å². The van der Waals surface area contributed by atoms with Gasteiger partial charge in [-0.25, -0.2) is 0 Å². The summed E-state index contributed by atoms with van der Waals surface area (Å²) in [6, 6.07) is 0. The van der Waals surface area contributed by atoms with Crippen molar-refractivity contribution < 1.29 is 74.4 Å². The highest BCUT2D eigenvalue weighted by Crippen LogP contribution is 2.71. The molecular formula is C39H64O15. The van der Waals surface area contributed by atoms with Gasteiger partial charge in [-0.15, -0.1) is 0 Å². The molecule has 8 aliphatic rings. The van der Waals surface area contributed by atoms with Gasteiger partial charge in [0.05, 0.1) is 38.1 Å². The Morgan fingerprint density at radius 2 is 1.33 bits per heavy atom. The normalized spacial score (nSPS) is 60.1. The predicted octanol–water partition coefficient (Wildman–Crippen LogP) is -0.616. The molecule has 0 bridgehead atoms. The number of hydrogen-bond acceptors (Lipinski definition) is 15. The molecule has 15 heteroatoms. The fourth-order valence-corrected chi connectivity index (χ4v) is 13.4. The molecule has 8 fully saturated rings. The Kier molecular flexibility index (Phi) is 10.9. The molecule has 4 saturated carbocycles. The van der Waals surface area contributed by atoms with Crippen molar-refractivity contribution in [2.75, 3.05) is 19.8 Å². The van der Waals surface area contributed by atoms with Crippen LogP contribution in [0.25, 0.3) is 0 Å². The molecule has 0 aromatic carbocycles. The van der Waals surface area contributed by atoms with Crippen LogP contribution in [0.5, 0.6) is 0 Å². The van der Waals surface area contributed by atoms with Gasteiger partial charge in [0.2, 0.25) is 0 Å². The Morgan fingerprint density at radius 1 is 0.667 bits per heavy atom. The van der Waals surface area contributed by atoms with Crippen LogP contribution in [-0.2, 0) is 28.4 Å². The summed E-state index contributed by atoms with van der Waals surface area (Å²) >= 11 is 0. The Bertz CT molecular complexity index is 1340. The van der Waals surface area contributed by atoms with Gasteiger partial charge in [-0.1, -0.05) is 27.7 Å². The first-order chi connectivity index (χ1) is 25.6. The van der Waals surface area contributed by atoms with Crippen LogP contribution in [-0.4, -0.2) is 157 Å². The molecule has 9 N–H and O–H groups in total. The van der Waals surface area contributed by atoms with E-state index < -0.39 is 92.6 Å². The Morgan fingerprint density at radius 3 is 2.02 bits per heavy atom. The van der Waals surface area contributed by atoms with Crippen molar-refractivity contribution in [3.8, 4) is 0 Å². The monoisotopic (exact) mass is 772 g/mol. The second kappa shape index (κ2) is 14.6. The third kappa shape index (κ3) is 6.01. The van der Waals surface area contributed by atoms with Crippen LogP contribution in [0.1, 0.15) is 79.1 Å². The van der Waals surface area contributed by atoms with Crippen molar-refractivity contribution in [1.29, 1.82) is 0 Å². The van der Waals surface area contributed by atoms with Crippen LogP contribution in [0.15, 0.2) is 0 Å². The fourth-order valence-electron chi connectivity index (χ4n) is 13.4. The first-order valence-corrected chi connectivity index (χ1v) is 20.5. The molecule has 54 heavy (non-hydrogen) atoms. The molecule has 0 radical (unpaired) electrons. The summed E-state index contributed by atoms with van der Waals surface area (Å²) in [5.41, 5.74) is -0.149. The summed E-state index contributed by atoms with van der Waals surface area (Å²) in [6.45, 7) is 8.23. The maximum absolute atomic E-state index is 12.1. The van der Waals surface area contributed by atoms with E-state index in [1.807, 2.05) is 0 Å². The van der Waals surface area contributed by atoms with Gasteiger partial charge in [-0.2, -0.15) is 0 Å². The van der Waals surface area contributed by atoms with Crippen LogP contribution in [0.2, 0.25) is 0 Å². The van der Waals surface area contributed by atoms with Gasteiger partial charge >= 0.3 is 0 Å². The van der Waals surface area contributed by atoms with Gasteiger partial charge in [0.15, 0.2) is 18.4 Å². The molecule has 310 valence electrons. The number of rotatable bonds is 6. The predicted molar refractivity (Wildman–Crippen MR) is 186 cm³/mol. The second-order valence-corrected chi connectivity index (χ2v) is 18.9. The first-order valence-electron chi connectivity index (χ1n) is 20.5. The molecule has 15 nitrogen and oxygen atoms in total. The van der Waals surface area contributed by atoms with E-state index in [0.717, 1.165) is 32.1 Å². The molecule has 4 aliphatic heterocycles. The summed E-state index contributed by atoms with van der Waals surface area (Å²) in [5, 5.41) is 96.1. The smallest absolute Gasteiger partial charge is 0.197 e. The third-order valence-electron chi connectivity index (χ3n) is 16.2. The van der Waals surface area contributed by atoms with Gasteiger partial charge in [0.25, 0.3) is 0 Å². The Hall–Kier alpha value is -0.600. The van der Waals surface area contributed by atoms with Gasteiger partial charge in [-0.05, 0) is 91.8 Å². The van der Waals surface area contributed by atoms with Crippen molar-refractivity contribution in [3.63, 3.8) is 0 Å². The van der Waals surface area contributed by atoms with Gasteiger partial charge < -0.3 is 74.4 Å². The van der Waals surface area contributed by atoms with Crippen LogP contribution in [0.4, 0.5) is 0 Å². The zero-order valence-electron chi connectivity index (χ0n) is 31.9. The molecule has 0 amide bonds. The van der Waals surface area contributed by atoms with E-state index in [2.05, 4.69) is 27.7 Å². The maximum Gasteiger partial charge on any atom is 0.197 e. The lowest BCUT2D eigenvalue weighted by Crippen LogP contribution is -2.65. The van der Waals surface area contributed by atoms with Crippen molar-refractivity contribution in [2.24, 2.45) is 52.3 Å². The third-order valence-corrected chi connectivity index (χ3v) is 16.2. The standard InChI is InChI=1S/C39H64O15/c1-16-11-24(42)39(49-15-16)17(2)25-33(54-39)29(45)26-20-6-5-18-12-19(7-9-37(18,3)21(20)8-10-38(25,26)4)50-36-34(31(47)28(44)23(14-41)52-36)53-35-32(48)30(46)27(43)22(13-40)51-35/h16-36,40-48H,5-15H2,1-4H3. The lowest BCUT2D eigenvalue weighted by molar-refractivity contribution is -0.373. The number of ether oxygens (including phenoxy) is 6. The highest BCUT2D eigenvalue weighted by Gasteiger charge is 2.73. The molecule has 8 rings (SSSR count). The molecule has 1 spiro atoms. The summed E-state index contributed by atoms with van der Waals surface area (Å²) in [4.78, 5) is 0. The minimum atomic E-state index is -1.74. The van der Waals surface area contributed by atoms with Crippen LogP contribution < -0.4 is 0 Å². The Balaban J connectivity index is 0.959. The van der Waals surface area contributed by atoms with E-state index in [1.165, 1.54) is 0 Å². The summed E-state index contributed by atoms with van der Waals surface area (Å²) in [5.74, 6) is 0.330. The zero-order valence-corrected chi connectivity index (χ0v) is 31.9. The average molecular weight is 773 g/mol. The summed E-state index contributed by atoms with van der Waals surface area (Å²) in [7, 11) is 0. The topological polar surface area (TPSA) is 237 Å². The minimum absolute atomic E-state index is 0.00295. The highest BCUT2D eigenvalue weighted by molar-refractivity contribution is 5.19. The molecule has 0 aromatic rings. The number of hydrogen-bond donors (Lipinski definition) is 9. The van der Waals surface area contributed by atoms with Crippen molar-refractivity contribution in [1.82, 2.24) is 0 Å². The maximum atomic E-state index is 12.1. The summed E-state index contributed by atoms with van der Waals surface area (Å²) < 4.78 is 36.9. The molecule has 24 atom stereocenters. The van der Waals surface area contributed by atoms with E-state index in [4.69, 9.17) is 28.4 Å². The van der Waals surface area contributed by atoms with Crippen LogP contribution in [0, 0.1) is 52.3 Å². The van der Waals surface area contributed by atoms with Crippen LogP contribution >= 0.6 is 0 Å². The van der Waals surface area contributed by atoms with Gasteiger partial charge in [-0.3, -0.25) is 0 Å². The quantitative estimate of drug-likeness (QED) is 0.153. The number of aliphatic hydroxyl groups excluding tert-OH is 9. The fraction of sp³-hybridized carbons (Fsp3) is 1.00. The molecule has 4 aliphatic carbocycles. The summed E-state index contributed by atoms with van der Waals surface area (Å²) in [6.07, 6.45) is -10.2. The average Bonchev–Trinajstić information content (AvgIpc) is 3.57. The van der Waals surface area contributed by atoms with Gasteiger partial charge in [0, 0.05) is 11.8 Å². The van der Waals surface area contributed by atoms with Gasteiger partial charge in [0.1, 0.15) is 54.9 Å². The van der Waals surface area contributed by atoms with E-state index in [9.17, 15) is 46.0 Å². The SMILES string of the molecule is CC1COC2(OC3C(O)C4C5CCC6CC(OC7OC(CO)C(O)C(O)C7OC7OC(CO)C(O)C(O)C7O)CCC6(C)C5CCC4(C)C3C2C)C(O)C1. The Labute approximate surface area is 316 Å². The van der Waals surface area contributed by atoms with E-state index in [1.54, 1.807) is 0 Å². The van der Waals surface area contributed by atoms with Crippen LogP contribution in [0.3, 0.4) is 0 Å². The zero-order chi connectivity index (χ0) is 38.6. The van der Waals surface area contributed by atoms with E-state index in [-0.39, 0.29) is 46.7 Å². The minimum Gasteiger partial charge on any atom is -0.394 e. The molecule has 4 saturated heterocycles. The first kappa shape index (κ1) is 40.2.